The lowest BCUT2D eigenvalue weighted by Crippen LogP contribution is -1.96. The number of ether oxygens (including phenoxy) is 1. The molecule has 0 amide bonds. The standard InChI is InChI=1S/C14H10N4O2/c1-2-7-20-11-8-9(19)3-4-10(11)12-17-13-14(18-12)16-6-5-15-13/h1,3-6,8,19H,7H2,(H,15,16,17,18). The van der Waals surface area contributed by atoms with Gasteiger partial charge in [-0.15, -0.1) is 6.42 Å². The molecule has 0 aliphatic carbocycles. The lowest BCUT2D eigenvalue weighted by atomic mass is 10.2. The van der Waals surface area contributed by atoms with Crippen LogP contribution < -0.4 is 4.74 Å². The van der Waals surface area contributed by atoms with Gasteiger partial charge in [0.15, 0.2) is 11.3 Å². The van der Waals surface area contributed by atoms with E-state index in [9.17, 15) is 5.11 Å². The lowest BCUT2D eigenvalue weighted by Gasteiger charge is -2.07. The van der Waals surface area contributed by atoms with Crippen LogP contribution >= 0.6 is 0 Å². The molecule has 2 N–H and O–H groups in total. The van der Waals surface area contributed by atoms with Gasteiger partial charge in [-0.3, -0.25) is 0 Å². The summed E-state index contributed by atoms with van der Waals surface area (Å²) in [4.78, 5) is 15.6. The fourth-order valence-corrected chi connectivity index (χ4v) is 1.82. The minimum Gasteiger partial charge on any atom is -0.508 e. The van der Waals surface area contributed by atoms with Crippen LogP contribution in [0, 0.1) is 12.3 Å². The summed E-state index contributed by atoms with van der Waals surface area (Å²) in [6, 6.07) is 4.73. The second kappa shape index (κ2) is 4.90. The van der Waals surface area contributed by atoms with E-state index in [1.54, 1.807) is 24.5 Å². The highest BCUT2D eigenvalue weighted by Crippen LogP contribution is 2.32. The Bertz CT molecular complexity index is 771. The van der Waals surface area contributed by atoms with Gasteiger partial charge in [-0.2, -0.15) is 0 Å². The van der Waals surface area contributed by atoms with Crippen molar-refractivity contribution in [2.45, 2.75) is 0 Å². The summed E-state index contributed by atoms with van der Waals surface area (Å²) >= 11 is 0. The SMILES string of the molecule is C#CCOc1cc(O)ccc1-c1nc2nccnc2[nH]1. The van der Waals surface area contributed by atoms with Gasteiger partial charge < -0.3 is 14.8 Å². The average molecular weight is 266 g/mol. The predicted octanol–water partition coefficient (Wildman–Crippen LogP) is 1.74. The van der Waals surface area contributed by atoms with Crippen LogP contribution in [0.2, 0.25) is 0 Å². The molecule has 3 aromatic rings. The van der Waals surface area contributed by atoms with Crippen molar-refractivity contribution in [3.8, 4) is 35.2 Å². The van der Waals surface area contributed by atoms with E-state index in [2.05, 4.69) is 25.9 Å². The molecule has 0 radical (unpaired) electrons. The summed E-state index contributed by atoms with van der Waals surface area (Å²) in [5.41, 5.74) is 1.77. The molecule has 6 heteroatoms. The van der Waals surface area contributed by atoms with Gasteiger partial charge in [0.05, 0.1) is 5.56 Å². The zero-order chi connectivity index (χ0) is 13.9. The number of phenolic OH excluding ortho intramolecular Hbond substituents is 1. The molecule has 0 aliphatic heterocycles. The van der Waals surface area contributed by atoms with Crippen molar-refractivity contribution in [2.75, 3.05) is 6.61 Å². The van der Waals surface area contributed by atoms with E-state index < -0.39 is 0 Å². The Labute approximate surface area is 114 Å². The second-order valence-electron chi connectivity index (χ2n) is 3.99. The van der Waals surface area contributed by atoms with Crippen LogP contribution in [0.4, 0.5) is 0 Å². The van der Waals surface area contributed by atoms with Gasteiger partial charge in [0, 0.05) is 18.5 Å². The number of nitrogens with one attached hydrogen (secondary N) is 1. The van der Waals surface area contributed by atoms with Crippen molar-refractivity contribution in [1.29, 1.82) is 0 Å². The largest absolute Gasteiger partial charge is 0.508 e. The highest BCUT2D eigenvalue weighted by molar-refractivity contribution is 5.75. The number of phenols is 1. The Morgan fingerprint density at radius 1 is 1.30 bits per heavy atom. The Hall–Kier alpha value is -3.07. The van der Waals surface area contributed by atoms with Crippen LogP contribution in [-0.4, -0.2) is 31.6 Å². The van der Waals surface area contributed by atoms with Crippen LogP contribution in [0.15, 0.2) is 30.6 Å². The number of aromatic hydroxyl groups is 1. The number of imidazole rings is 1. The molecule has 2 aromatic heterocycles. The molecule has 1 aromatic carbocycles. The summed E-state index contributed by atoms with van der Waals surface area (Å²) in [5.74, 6) is 3.47. The van der Waals surface area contributed by atoms with Crippen LogP contribution in [0.1, 0.15) is 0 Å². The van der Waals surface area contributed by atoms with Crippen molar-refractivity contribution >= 4 is 11.3 Å². The number of hydrogen-bond acceptors (Lipinski definition) is 5. The van der Waals surface area contributed by atoms with Gasteiger partial charge in [0.2, 0.25) is 0 Å². The summed E-state index contributed by atoms with van der Waals surface area (Å²) < 4.78 is 5.42. The lowest BCUT2D eigenvalue weighted by molar-refractivity contribution is 0.368. The molecule has 0 unspecified atom stereocenters. The number of benzene rings is 1. The number of aromatic nitrogens is 4. The van der Waals surface area contributed by atoms with Crippen molar-refractivity contribution in [3.63, 3.8) is 0 Å². The zero-order valence-electron chi connectivity index (χ0n) is 10.4. The molecule has 3 rings (SSSR count). The molecule has 0 saturated heterocycles. The summed E-state index contributed by atoms with van der Waals surface area (Å²) in [5, 5.41) is 9.54. The Morgan fingerprint density at radius 3 is 2.95 bits per heavy atom. The number of H-pyrrole nitrogens is 1. The molecular formula is C14H10N4O2. The van der Waals surface area contributed by atoms with Gasteiger partial charge in [-0.1, -0.05) is 5.92 Å². The number of fused-ring (bicyclic) bond motifs is 1. The molecule has 0 atom stereocenters. The molecule has 0 saturated carbocycles. The van der Waals surface area contributed by atoms with Crippen molar-refractivity contribution < 1.29 is 9.84 Å². The number of aromatic amines is 1. The van der Waals surface area contributed by atoms with E-state index in [0.717, 1.165) is 0 Å². The molecule has 0 bridgehead atoms. The minimum atomic E-state index is 0.0909. The molecule has 98 valence electrons. The van der Waals surface area contributed by atoms with Crippen LogP contribution in [0.3, 0.4) is 0 Å². The summed E-state index contributed by atoms with van der Waals surface area (Å²) in [6.07, 6.45) is 8.33. The van der Waals surface area contributed by atoms with E-state index >= 15 is 0 Å². The van der Waals surface area contributed by atoms with E-state index in [1.807, 2.05) is 0 Å². The first-order chi connectivity index (χ1) is 9.78. The Balaban J connectivity index is 2.10. The van der Waals surface area contributed by atoms with Crippen molar-refractivity contribution in [2.24, 2.45) is 0 Å². The van der Waals surface area contributed by atoms with Crippen LogP contribution in [0.5, 0.6) is 11.5 Å². The normalized spacial score (nSPS) is 10.3. The van der Waals surface area contributed by atoms with Gasteiger partial charge in [0.1, 0.15) is 23.9 Å². The van der Waals surface area contributed by atoms with E-state index in [4.69, 9.17) is 11.2 Å². The first-order valence-corrected chi connectivity index (χ1v) is 5.84. The highest BCUT2D eigenvalue weighted by Gasteiger charge is 2.12. The number of nitrogens with zero attached hydrogens (tertiary/aromatic N) is 3. The molecule has 6 nitrogen and oxygen atoms in total. The maximum Gasteiger partial charge on any atom is 0.197 e. The monoisotopic (exact) mass is 266 g/mol. The number of rotatable bonds is 3. The third kappa shape index (κ3) is 2.12. The predicted molar refractivity (Wildman–Crippen MR) is 73.1 cm³/mol. The highest BCUT2D eigenvalue weighted by atomic mass is 16.5. The molecule has 2 heterocycles. The van der Waals surface area contributed by atoms with Gasteiger partial charge in [0.25, 0.3) is 0 Å². The second-order valence-corrected chi connectivity index (χ2v) is 3.99. The maximum absolute atomic E-state index is 9.54. The number of hydrogen-bond donors (Lipinski definition) is 2. The van der Waals surface area contributed by atoms with E-state index in [0.29, 0.717) is 28.4 Å². The molecule has 0 fully saturated rings. The van der Waals surface area contributed by atoms with Gasteiger partial charge in [-0.05, 0) is 12.1 Å². The van der Waals surface area contributed by atoms with Crippen LogP contribution in [0.25, 0.3) is 22.7 Å². The Morgan fingerprint density at radius 2 is 2.15 bits per heavy atom. The van der Waals surface area contributed by atoms with E-state index in [-0.39, 0.29) is 12.4 Å². The van der Waals surface area contributed by atoms with E-state index in [1.165, 1.54) is 6.07 Å². The fraction of sp³-hybridized carbons (Fsp3) is 0.0714. The molecule has 0 aliphatic rings. The zero-order valence-corrected chi connectivity index (χ0v) is 10.4. The van der Waals surface area contributed by atoms with Crippen molar-refractivity contribution in [3.05, 3.63) is 30.6 Å². The molecule has 0 spiro atoms. The topological polar surface area (TPSA) is 83.9 Å². The van der Waals surface area contributed by atoms with Crippen LogP contribution in [-0.2, 0) is 0 Å². The first kappa shape index (κ1) is 12.0. The van der Waals surface area contributed by atoms with Crippen molar-refractivity contribution in [1.82, 2.24) is 19.9 Å². The molecular weight excluding hydrogens is 256 g/mol. The third-order valence-electron chi connectivity index (χ3n) is 2.66. The maximum atomic E-state index is 9.54. The first-order valence-electron chi connectivity index (χ1n) is 5.84. The minimum absolute atomic E-state index is 0.0909. The molecule has 20 heavy (non-hydrogen) atoms. The fourth-order valence-electron chi connectivity index (χ4n) is 1.82. The van der Waals surface area contributed by atoms with Gasteiger partial charge >= 0.3 is 0 Å². The Kier molecular flexibility index (Phi) is 2.94. The van der Waals surface area contributed by atoms with Gasteiger partial charge in [-0.25, -0.2) is 15.0 Å². The number of terminal acetylenes is 1. The summed E-state index contributed by atoms with van der Waals surface area (Å²) in [7, 11) is 0. The summed E-state index contributed by atoms with van der Waals surface area (Å²) in [6.45, 7) is 0.104. The smallest absolute Gasteiger partial charge is 0.197 e. The average Bonchev–Trinajstić information content (AvgIpc) is 2.88. The third-order valence-corrected chi connectivity index (χ3v) is 2.66. The quantitative estimate of drug-likeness (QED) is 0.705.